The van der Waals surface area contributed by atoms with Gasteiger partial charge in [-0.25, -0.2) is 4.98 Å². The van der Waals surface area contributed by atoms with E-state index in [9.17, 15) is 4.79 Å². The molecule has 3 N–H and O–H groups in total. The summed E-state index contributed by atoms with van der Waals surface area (Å²) in [5, 5.41) is 3.04. The zero-order valence-corrected chi connectivity index (χ0v) is 11.1. The molecule has 0 spiro atoms. The quantitative estimate of drug-likeness (QED) is 0.900. The summed E-state index contributed by atoms with van der Waals surface area (Å²) in [6.45, 7) is 1.83. The summed E-state index contributed by atoms with van der Waals surface area (Å²) in [5.74, 6) is -0.129. The van der Waals surface area contributed by atoms with Crippen molar-refractivity contribution in [2.45, 2.75) is 13.0 Å². The summed E-state index contributed by atoms with van der Waals surface area (Å²) in [4.78, 5) is 20.2. The van der Waals surface area contributed by atoms with Crippen molar-refractivity contribution in [2.75, 3.05) is 5.73 Å². The predicted molar refractivity (Wildman–Crippen MR) is 73.8 cm³/mol. The summed E-state index contributed by atoms with van der Waals surface area (Å²) in [6.07, 6.45) is 1.67. The van der Waals surface area contributed by atoms with E-state index in [2.05, 4.69) is 15.3 Å². The fourth-order valence-corrected chi connectivity index (χ4v) is 1.78. The van der Waals surface area contributed by atoms with Gasteiger partial charge in [0.2, 0.25) is 0 Å². The summed E-state index contributed by atoms with van der Waals surface area (Å²) >= 11 is 5.93. The number of nitrogens with one attached hydrogen (secondary N) is 1. The van der Waals surface area contributed by atoms with Crippen LogP contribution in [0, 0.1) is 0 Å². The molecule has 6 heteroatoms. The molecular weight excluding hydrogens is 264 g/mol. The molecule has 1 amide bonds. The lowest BCUT2D eigenvalue weighted by atomic mass is 10.2. The number of rotatable bonds is 3. The van der Waals surface area contributed by atoms with Crippen molar-refractivity contribution in [1.29, 1.82) is 0 Å². The fourth-order valence-electron chi connectivity index (χ4n) is 1.59. The second-order valence-electron chi connectivity index (χ2n) is 4.02. The smallest absolute Gasteiger partial charge is 0.272 e. The Balaban J connectivity index is 2.15. The van der Waals surface area contributed by atoms with Gasteiger partial charge in [0.25, 0.3) is 5.91 Å². The number of anilines is 1. The maximum Gasteiger partial charge on any atom is 0.272 e. The van der Waals surface area contributed by atoms with Crippen molar-refractivity contribution in [3.8, 4) is 0 Å². The fraction of sp³-hybridized carbons (Fsp3) is 0.154. The number of amides is 1. The van der Waals surface area contributed by atoms with Crippen LogP contribution >= 0.6 is 11.6 Å². The first kappa shape index (κ1) is 13.3. The molecule has 1 atom stereocenters. The van der Waals surface area contributed by atoms with Crippen molar-refractivity contribution >= 4 is 23.3 Å². The highest BCUT2D eigenvalue weighted by Crippen LogP contribution is 2.16. The lowest BCUT2D eigenvalue weighted by Gasteiger charge is -2.13. The van der Waals surface area contributed by atoms with E-state index in [0.717, 1.165) is 5.69 Å². The average Bonchev–Trinajstić information content (AvgIpc) is 2.42. The molecule has 0 radical (unpaired) electrons. The molecule has 0 aliphatic rings. The Kier molecular flexibility index (Phi) is 3.97. The third-order valence-electron chi connectivity index (χ3n) is 2.56. The minimum Gasteiger partial charge on any atom is -0.384 e. The summed E-state index contributed by atoms with van der Waals surface area (Å²) in [7, 11) is 0. The largest absolute Gasteiger partial charge is 0.384 e. The Morgan fingerprint density at radius 2 is 2.16 bits per heavy atom. The van der Waals surface area contributed by atoms with E-state index >= 15 is 0 Å². The predicted octanol–water partition coefficient (Wildman–Crippen LogP) is 2.20. The summed E-state index contributed by atoms with van der Waals surface area (Å²) in [5.41, 5.74) is 6.42. The van der Waals surface area contributed by atoms with Gasteiger partial charge in [0.15, 0.2) is 0 Å². The molecular formula is C13H13ClN4O. The lowest BCUT2D eigenvalue weighted by molar-refractivity contribution is 0.0934. The highest BCUT2D eigenvalue weighted by atomic mass is 35.5. The monoisotopic (exact) mass is 276 g/mol. The molecule has 2 aromatic heterocycles. The van der Waals surface area contributed by atoms with E-state index in [1.54, 1.807) is 18.3 Å². The summed E-state index contributed by atoms with van der Waals surface area (Å²) < 4.78 is 0. The van der Waals surface area contributed by atoms with Crippen LogP contribution < -0.4 is 11.1 Å². The van der Waals surface area contributed by atoms with Crippen LogP contribution in [0.15, 0.2) is 36.5 Å². The number of pyridine rings is 2. The van der Waals surface area contributed by atoms with E-state index in [1.165, 1.54) is 0 Å². The Hall–Kier alpha value is -2.14. The first-order valence-electron chi connectivity index (χ1n) is 5.71. The standard InChI is InChI=1S/C13H13ClN4O/c1-8(10-4-2-3-7-16-10)17-13(19)12-9(14)5-6-11(15)18-12/h2-8H,1H3,(H2,15,18)(H,17,19). The lowest BCUT2D eigenvalue weighted by Crippen LogP contribution is -2.28. The second kappa shape index (κ2) is 5.67. The molecule has 0 aromatic carbocycles. The second-order valence-corrected chi connectivity index (χ2v) is 4.42. The van der Waals surface area contributed by atoms with Crippen molar-refractivity contribution in [3.05, 3.63) is 52.9 Å². The van der Waals surface area contributed by atoms with Crippen molar-refractivity contribution in [2.24, 2.45) is 0 Å². The van der Waals surface area contributed by atoms with Crippen LogP contribution in [0.4, 0.5) is 5.82 Å². The molecule has 2 aromatic rings. The van der Waals surface area contributed by atoms with Crippen LogP contribution in [0.1, 0.15) is 29.1 Å². The van der Waals surface area contributed by atoms with E-state index in [1.807, 2.05) is 25.1 Å². The molecule has 1 unspecified atom stereocenters. The number of aromatic nitrogens is 2. The van der Waals surface area contributed by atoms with Gasteiger partial charge in [0.1, 0.15) is 11.5 Å². The van der Waals surface area contributed by atoms with E-state index < -0.39 is 0 Å². The zero-order chi connectivity index (χ0) is 13.8. The minimum atomic E-state index is -0.379. The molecule has 0 aliphatic carbocycles. The van der Waals surface area contributed by atoms with Gasteiger partial charge in [-0.3, -0.25) is 9.78 Å². The number of hydrogen-bond acceptors (Lipinski definition) is 4. The van der Waals surface area contributed by atoms with Crippen LogP contribution in [-0.4, -0.2) is 15.9 Å². The third kappa shape index (κ3) is 3.20. The zero-order valence-electron chi connectivity index (χ0n) is 10.3. The third-order valence-corrected chi connectivity index (χ3v) is 2.87. The first-order valence-corrected chi connectivity index (χ1v) is 6.09. The Bertz CT molecular complexity index is 588. The number of nitrogen functional groups attached to an aromatic ring is 1. The highest BCUT2D eigenvalue weighted by Gasteiger charge is 2.16. The van der Waals surface area contributed by atoms with Gasteiger partial charge in [-0.15, -0.1) is 0 Å². The molecule has 0 bridgehead atoms. The van der Waals surface area contributed by atoms with E-state index in [-0.39, 0.29) is 28.5 Å². The maximum absolute atomic E-state index is 12.1. The normalized spacial score (nSPS) is 11.9. The number of carbonyl (C=O) groups excluding carboxylic acids is 1. The van der Waals surface area contributed by atoms with Crippen molar-refractivity contribution in [1.82, 2.24) is 15.3 Å². The number of carbonyl (C=O) groups is 1. The Labute approximate surface area is 115 Å². The van der Waals surface area contributed by atoms with Crippen LogP contribution in [0.2, 0.25) is 5.02 Å². The molecule has 98 valence electrons. The molecule has 19 heavy (non-hydrogen) atoms. The summed E-state index contributed by atoms with van der Waals surface area (Å²) in [6, 6.07) is 8.35. The van der Waals surface area contributed by atoms with Gasteiger partial charge < -0.3 is 11.1 Å². The molecule has 0 saturated heterocycles. The maximum atomic E-state index is 12.1. The van der Waals surface area contributed by atoms with Crippen LogP contribution in [0.5, 0.6) is 0 Å². The van der Waals surface area contributed by atoms with E-state index in [4.69, 9.17) is 17.3 Å². The van der Waals surface area contributed by atoms with Crippen LogP contribution in [0.25, 0.3) is 0 Å². The van der Waals surface area contributed by atoms with Gasteiger partial charge in [0.05, 0.1) is 16.8 Å². The number of hydrogen-bond donors (Lipinski definition) is 2. The number of nitrogens with two attached hydrogens (primary N) is 1. The van der Waals surface area contributed by atoms with Crippen molar-refractivity contribution < 1.29 is 4.79 Å². The average molecular weight is 277 g/mol. The van der Waals surface area contributed by atoms with Crippen LogP contribution in [0.3, 0.4) is 0 Å². The van der Waals surface area contributed by atoms with Gasteiger partial charge in [0, 0.05) is 6.20 Å². The van der Waals surface area contributed by atoms with Gasteiger partial charge >= 0.3 is 0 Å². The van der Waals surface area contributed by atoms with Gasteiger partial charge in [-0.05, 0) is 31.2 Å². The highest BCUT2D eigenvalue weighted by molar-refractivity contribution is 6.33. The van der Waals surface area contributed by atoms with Gasteiger partial charge in [-0.1, -0.05) is 17.7 Å². The number of nitrogens with zero attached hydrogens (tertiary/aromatic N) is 2. The molecule has 0 fully saturated rings. The topological polar surface area (TPSA) is 80.9 Å². The first-order chi connectivity index (χ1) is 9.08. The van der Waals surface area contributed by atoms with Crippen molar-refractivity contribution in [3.63, 3.8) is 0 Å². The molecule has 5 nitrogen and oxygen atoms in total. The Morgan fingerprint density at radius 1 is 1.37 bits per heavy atom. The molecule has 2 rings (SSSR count). The molecule has 0 saturated carbocycles. The number of halogens is 1. The minimum absolute atomic E-state index is 0.115. The van der Waals surface area contributed by atoms with Crippen LogP contribution in [-0.2, 0) is 0 Å². The molecule has 0 aliphatic heterocycles. The van der Waals surface area contributed by atoms with Gasteiger partial charge in [-0.2, -0.15) is 0 Å². The SMILES string of the molecule is CC(NC(=O)c1nc(N)ccc1Cl)c1ccccn1. The Morgan fingerprint density at radius 3 is 2.84 bits per heavy atom. The van der Waals surface area contributed by atoms with E-state index in [0.29, 0.717) is 0 Å². The molecule has 2 heterocycles.